The smallest absolute Gasteiger partial charge is 0.224 e. The van der Waals surface area contributed by atoms with Gasteiger partial charge in [0.1, 0.15) is 0 Å². The van der Waals surface area contributed by atoms with E-state index in [2.05, 4.69) is 18.6 Å². The molecule has 1 atom stereocenters. The summed E-state index contributed by atoms with van der Waals surface area (Å²) >= 11 is 0. The topological polar surface area (TPSA) is 32.7 Å². The minimum absolute atomic E-state index is 0.235. The van der Waals surface area contributed by atoms with Crippen LogP contribution in [0.1, 0.15) is 26.2 Å². The number of carbonyl (C=O) groups is 1. The molecule has 0 aromatic rings. The van der Waals surface area contributed by atoms with E-state index in [1.54, 1.807) is 0 Å². The summed E-state index contributed by atoms with van der Waals surface area (Å²) in [5, 5.41) is 0. The fraction of sp³-hybridized carbons (Fsp3) is 0.800. The van der Waals surface area contributed by atoms with Crippen LogP contribution in [0.25, 0.3) is 0 Å². The molecule has 0 bridgehead atoms. The Hall–Kier alpha value is -0.860. The second-order valence-corrected chi connectivity index (χ2v) is 3.78. The molecule has 1 fully saturated rings. The number of rotatable bonds is 3. The van der Waals surface area contributed by atoms with E-state index >= 15 is 0 Å². The predicted molar refractivity (Wildman–Crippen MR) is 54.0 cm³/mol. The van der Waals surface area contributed by atoms with E-state index < -0.39 is 0 Å². The van der Waals surface area contributed by atoms with Crippen LogP contribution >= 0.6 is 0 Å². The third-order valence-corrected chi connectivity index (χ3v) is 2.49. The summed E-state index contributed by atoms with van der Waals surface area (Å²) in [4.78, 5) is 17.2. The quantitative estimate of drug-likeness (QED) is 0.606. The number of hydrogen-bond acceptors (Lipinski definition) is 2. The van der Waals surface area contributed by atoms with E-state index in [-0.39, 0.29) is 5.91 Å². The highest BCUT2D eigenvalue weighted by Gasteiger charge is 2.19. The molecule has 1 rings (SSSR count). The monoisotopic (exact) mass is 182 g/mol. The molecule has 0 spiro atoms. The van der Waals surface area contributed by atoms with Gasteiger partial charge in [-0.3, -0.25) is 4.79 Å². The van der Waals surface area contributed by atoms with Crippen LogP contribution in [0.4, 0.5) is 0 Å². The standard InChI is InChI=1S/C10H18N2O/c1-9-4-3-7-12(8-9)10(13)5-6-11-2/h9H,2-8H2,1H3. The van der Waals surface area contributed by atoms with Crippen LogP contribution in [0.15, 0.2) is 4.99 Å². The van der Waals surface area contributed by atoms with Gasteiger partial charge in [-0.05, 0) is 25.5 Å². The van der Waals surface area contributed by atoms with E-state index in [0.717, 1.165) is 19.5 Å². The second kappa shape index (κ2) is 5.00. The van der Waals surface area contributed by atoms with Gasteiger partial charge >= 0.3 is 0 Å². The summed E-state index contributed by atoms with van der Waals surface area (Å²) in [5.41, 5.74) is 0. The van der Waals surface area contributed by atoms with E-state index in [9.17, 15) is 4.79 Å². The van der Waals surface area contributed by atoms with Crippen molar-refractivity contribution in [3.8, 4) is 0 Å². The number of amides is 1. The fourth-order valence-corrected chi connectivity index (χ4v) is 1.75. The van der Waals surface area contributed by atoms with Crippen molar-refractivity contribution in [2.24, 2.45) is 10.9 Å². The molecule has 1 amide bonds. The number of piperidine rings is 1. The first kappa shape index (κ1) is 10.2. The lowest BCUT2D eigenvalue weighted by molar-refractivity contribution is -0.132. The van der Waals surface area contributed by atoms with Gasteiger partial charge in [-0.15, -0.1) is 0 Å². The first-order valence-corrected chi connectivity index (χ1v) is 4.94. The Balaban J connectivity index is 2.32. The molecular weight excluding hydrogens is 164 g/mol. The molecule has 0 aliphatic carbocycles. The third kappa shape index (κ3) is 3.17. The molecule has 0 aromatic carbocycles. The molecule has 1 saturated heterocycles. The van der Waals surface area contributed by atoms with E-state index in [1.807, 2.05) is 4.90 Å². The van der Waals surface area contributed by atoms with E-state index in [1.165, 1.54) is 6.42 Å². The first-order chi connectivity index (χ1) is 6.24. The highest BCUT2D eigenvalue weighted by atomic mass is 16.2. The highest BCUT2D eigenvalue weighted by Crippen LogP contribution is 2.15. The van der Waals surface area contributed by atoms with Crippen LogP contribution < -0.4 is 0 Å². The van der Waals surface area contributed by atoms with Gasteiger partial charge in [0.05, 0.1) is 0 Å². The van der Waals surface area contributed by atoms with Crippen LogP contribution in [0.2, 0.25) is 0 Å². The van der Waals surface area contributed by atoms with Crippen molar-refractivity contribution < 1.29 is 4.79 Å². The molecule has 3 heteroatoms. The van der Waals surface area contributed by atoms with Gasteiger partial charge in [-0.2, -0.15) is 0 Å². The summed E-state index contributed by atoms with van der Waals surface area (Å²) in [6.07, 6.45) is 2.92. The Labute approximate surface area is 79.8 Å². The molecule has 74 valence electrons. The van der Waals surface area contributed by atoms with Crippen LogP contribution in [0.5, 0.6) is 0 Å². The first-order valence-electron chi connectivity index (χ1n) is 4.94. The maximum atomic E-state index is 11.5. The molecule has 0 saturated carbocycles. The van der Waals surface area contributed by atoms with Gasteiger partial charge in [0.25, 0.3) is 0 Å². The minimum Gasteiger partial charge on any atom is -0.342 e. The molecule has 3 nitrogen and oxygen atoms in total. The fourth-order valence-electron chi connectivity index (χ4n) is 1.75. The number of nitrogens with zero attached hydrogens (tertiary/aromatic N) is 2. The molecule has 0 radical (unpaired) electrons. The lowest BCUT2D eigenvalue weighted by Gasteiger charge is -2.30. The van der Waals surface area contributed by atoms with Crippen LogP contribution in [-0.2, 0) is 4.79 Å². The van der Waals surface area contributed by atoms with E-state index in [4.69, 9.17) is 0 Å². The molecular formula is C10H18N2O. The van der Waals surface area contributed by atoms with Crippen LogP contribution in [-0.4, -0.2) is 37.2 Å². The Bertz CT molecular complexity index is 191. The summed E-state index contributed by atoms with van der Waals surface area (Å²) in [6, 6.07) is 0. The number of likely N-dealkylation sites (tertiary alicyclic amines) is 1. The van der Waals surface area contributed by atoms with Gasteiger partial charge in [0.2, 0.25) is 5.91 Å². The molecule has 0 N–H and O–H groups in total. The van der Waals surface area contributed by atoms with Crippen molar-refractivity contribution in [2.45, 2.75) is 26.2 Å². The molecule has 1 heterocycles. The van der Waals surface area contributed by atoms with Crippen molar-refractivity contribution in [3.63, 3.8) is 0 Å². The maximum absolute atomic E-state index is 11.5. The van der Waals surface area contributed by atoms with Crippen molar-refractivity contribution in [1.29, 1.82) is 0 Å². The van der Waals surface area contributed by atoms with Gasteiger partial charge in [0.15, 0.2) is 0 Å². The minimum atomic E-state index is 0.235. The molecule has 1 aliphatic heterocycles. The van der Waals surface area contributed by atoms with Gasteiger partial charge in [-0.25, -0.2) is 0 Å². The molecule has 1 aliphatic rings. The third-order valence-electron chi connectivity index (χ3n) is 2.49. The molecule has 0 aromatic heterocycles. The largest absolute Gasteiger partial charge is 0.342 e. The van der Waals surface area contributed by atoms with Gasteiger partial charge in [0, 0.05) is 26.1 Å². The Kier molecular flexibility index (Phi) is 3.93. The number of aliphatic imine (C=N–C) groups is 1. The van der Waals surface area contributed by atoms with Crippen molar-refractivity contribution in [2.75, 3.05) is 19.6 Å². The average molecular weight is 182 g/mol. The summed E-state index contributed by atoms with van der Waals surface area (Å²) in [7, 11) is 0. The van der Waals surface area contributed by atoms with Crippen molar-refractivity contribution in [3.05, 3.63) is 0 Å². The Morgan fingerprint density at radius 2 is 2.46 bits per heavy atom. The zero-order chi connectivity index (χ0) is 9.68. The molecule has 1 unspecified atom stereocenters. The summed E-state index contributed by atoms with van der Waals surface area (Å²) in [6.45, 7) is 7.99. The van der Waals surface area contributed by atoms with Gasteiger partial charge < -0.3 is 9.89 Å². The lowest BCUT2D eigenvalue weighted by Crippen LogP contribution is -2.39. The zero-order valence-electron chi connectivity index (χ0n) is 8.33. The second-order valence-electron chi connectivity index (χ2n) is 3.78. The Morgan fingerprint density at radius 1 is 1.69 bits per heavy atom. The Morgan fingerprint density at radius 3 is 3.08 bits per heavy atom. The van der Waals surface area contributed by atoms with E-state index in [0.29, 0.717) is 18.9 Å². The normalized spacial score (nSPS) is 22.8. The SMILES string of the molecule is C=NCCC(=O)N1CCCC(C)C1. The predicted octanol–water partition coefficient (Wildman–Crippen LogP) is 1.34. The summed E-state index contributed by atoms with van der Waals surface area (Å²) in [5.74, 6) is 0.897. The highest BCUT2D eigenvalue weighted by molar-refractivity contribution is 5.76. The van der Waals surface area contributed by atoms with Crippen LogP contribution in [0, 0.1) is 5.92 Å². The lowest BCUT2D eigenvalue weighted by atomic mass is 10.00. The van der Waals surface area contributed by atoms with Crippen molar-refractivity contribution in [1.82, 2.24) is 4.90 Å². The summed E-state index contributed by atoms with van der Waals surface area (Å²) < 4.78 is 0. The number of hydrogen-bond donors (Lipinski definition) is 0. The van der Waals surface area contributed by atoms with Crippen LogP contribution in [0.3, 0.4) is 0 Å². The number of carbonyl (C=O) groups excluding carboxylic acids is 1. The van der Waals surface area contributed by atoms with Gasteiger partial charge in [-0.1, -0.05) is 6.92 Å². The molecule has 13 heavy (non-hydrogen) atoms. The maximum Gasteiger partial charge on any atom is 0.224 e. The average Bonchev–Trinajstić information content (AvgIpc) is 2.14. The zero-order valence-corrected chi connectivity index (χ0v) is 8.33. The van der Waals surface area contributed by atoms with Crippen molar-refractivity contribution >= 4 is 12.6 Å².